The molecule has 4 aromatic rings. The van der Waals surface area contributed by atoms with Gasteiger partial charge in [-0.2, -0.15) is 9.49 Å². The van der Waals surface area contributed by atoms with E-state index in [-0.39, 0.29) is 12.1 Å². The lowest BCUT2D eigenvalue weighted by Crippen LogP contribution is -2.24. The van der Waals surface area contributed by atoms with Crippen LogP contribution in [0.4, 0.5) is 4.39 Å². The Balaban J connectivity index is 1.78. The number of nitrogens with two attached hydrogens (primary N) is 1. The van der Waals surface area contributed by atoms with Crippen LogP contribution in [-0.4, -0.2) is 30.0 Å². The fourth-order valence-electron chi connectivity index (χ4n) is 2.87. The predicted octanol–water partition coefficient (Wildman–Crippen LogP) is 2.02. The standard InChI is InChI=1S/C16H14FN7OS2/c1-23-12-10(13-14(23)22-11(27-13)4-8(19)2-3-18)5-20-24(15(12)25)6-9-7-26-16(17)21-9/h2-3,5,7,19H,4,6,18H2,1H3/b3-2-,19-8?. The average Bonchev–Trinajstić information content (AvgIpc) is 3.28. The minimum absolute atomic E-state index is 0.106. The van der Waals surface area contributed by atoms with E-state index in [1.165, 1.54) is 28.3 Å². The molecule has 0 aliphatic rings. The molecule has 11 heteroatoms. The maximum absolute atomic E-state index is 13.1. The SMILES string of the molecule is Cn1c2nc(CC(=N)/C=C\N)sc2c2cnn(Cc3csc(F)n3)c(=O)c21. The number of halogens is 1. The van der Waals surface area contributed by atoms with E-state index in [1.807, 2.05) is 0 Å². The van der Waals surface area contributed by atoms with Gasteiger partial charge < -0.3 is 15.7 Å². The van der Waals surface area contributed by atoms with Crippen molar-refractivity contribution in [2.75, 3.05) is 0 Å². The van der Waals surface area contributed by atoms with Gasteiger partial charge in [-0.05, 0) is 12.3 Å². The summed E-state index contributed by atoms with van der Waals surface area (Å²) < 4.78 is 16.9. The summed E-state index contributed by atoms with van der Waals surface area (Å²) in [6.07, 6.45) is 4.83. The van der Waals surface area contributed by atoms with Crippen molar-refractivity contribution >= 4 is 49.6 Å². The van der Waals surface area contributed by atoms with Gasteiger partial charge in [0, 0.05) is 29.9 Å². The molecule has 0 saturated carbocycles. The minimum atomic E-state index is -0.537. The van der Waals surface area contributed by atoms with Gasteiger partial charge in [0.05, 0.1) is 23.1 Å². The number of nitrogens with one attached hydrogen (secondary N) is 1. The largest absolute Gasteiger partial charge is 0.405 e. The Morgan fingerprint density at radius 3 is 2.96 bits per heavy atom. The number of hydrogen-bond acceptors (Lipinski definition) is 8. The first kappa shape index (κ1) is 17.5. The molecule has 0 saturated heterocycles. The van der Waals surface area contributed by atoms with Crippen LogP contribution in [0, 0.1) is 10.7 Å². The third-order valence-electron chi connectivity index (χ3n) is 4.04. The van der Waals surface area contributed by atoms with E-state index < -0.39 is 5.26 Å². The van der Waals surface area contributed by atoms with Crippen molar-refractivity contribution in [2.24, 2.45) is 12.8 Å². The number of hydrogen-bond donors (Lipinski definition) is 2. The van der Waals surface area contributed by atoms with Crippen LogP contribution in [0.5, 0.6) is 0 Å². The number of nitrogens with zero attached hydrogens (tertiary/aromatic N) is 5. The molecule has 0 fully saturated rings. The lowest BCUT2D eigenvalue weighted by Gasteiger charge is -2.03. The summed E-state index contributed by atoms with van der Waals surface area (Å²) in [6.45, 7) is 0.106. The Morgan fingerprint density at radius 2 is 2.26 bits per heavy atom. The van der Waals surface area contributed by atoms with Crippen molar-refractivity contribution in [3.8, 4) is 0 Å². The van der Waals surface area contributed by atoms with Crippen LogP contribution in [0.3, 0.4) is 0 Å². The van der Waals surface area contributed by atoms with Crippen LogP contribution >= 0.6 is 22.7 Å². The van der Waals surface area contributed by atoms with Crippen LogP contribution in [0.1, 0.15) is 10.7 Å². The molecule has 0 spiro atoms. The summed E-state index contributed by atoms with van der Waals surface area (Å²) >= 11 is 2.31. The summed E-state index contributed by atoms with van der Waals surface area (Å²) in [5.41, 5.74) is 7.00. The number of thiazole rings is 2. The molecule has 0 aliphatic heterocycles. The van der Waals surface area contributed by atoms with Crippen molar-refractivity contribution in [1.82, 2.24) is 24.3 Å². The molecule has 0 amide bonds. The first-order valence-corrected chi connectivity index (χ1v) is 9.57. The van der Waals surface area contributed by atoms with Crippen LogP contribution in [-0.2, 0) is 20.0 Å². The molecular formula is C16H14FN7OS2. The first-order chi connectivity index (χ1) is 13.0. The second-order valence-corrected chi connectivity index (χ2v) is 7.73. The van der Waals surface area contributed by atoms with E-state index in [2.05, 4.69) is 15.1 Å². The van der Waals surface area contributed by atoms with E-state index in [4.69, 9.17) is 11.1 Å². The normalized spacial score (nSPS) is 11.9. The van der Waals surface area contributed by atoms with E-state index >= 15 is 0 Å². The van der Waals surface area contributed by atoms with Crippen molar-refractivity contribution in [2.45, 2.75) is 13.0 Å². The van der Waals surface area contributed by atoms with E-state index in [1.54, 1.807) is 23.2 Å². The molecular weight excluding hydrogens is 389 g/mol. The molecule has 0 aromatic carbocycles. The quantitative estimate of drug-likeness (QED) is 0.495. The number of rotatable bonds is 5. The summed E-state index contributed by atoms with van der Waals surface area (Å²) in [5.74, 6) is 0. The molecule has 27 heavy (non-hydrogen) atoms. The highest BCUT2D eigenvalue weighted by Crippen LogP contribution is 2.31. The fraction of sp³-hybridized carbons (Fsp3) is 0.188. The van der Waals surface area contributed by atoms with Gasteiger partial charge in [0.15, 0.2) is 5.65 Å². The number of aryl methyl sites for hydroxylation is 1. The van der Waals surface area contributed by atoms with Crippen LogP contribution in [0.15, 0.2) is 28.6 Å². The van der Waals surface area contributed by atoms with Crippen molar-refractivity contribution < 1.29 is 4.39 Å². The van der Waals surface area contributed by atoms with E-state index in [9.17, 15) is 9.18 Å². The van der Waals surface area contributed by atoms with E-state index in [0.29, 0.717) is 34.4 Å². The average molecular weight is 403 g/mol. The first-order valence-electron chi connectivity index (χ1n) is 7.87. The Bertz CT molecular complexity index is 1260. The van der Waals surface area contributed by atoms with Gasteiger partial charge in [0.1, 0.15) is 10.5 Å². The van der Waals surface area contributed by atoms with Gasteiger partial charge >= 0.3 is 0 Å². The zero-order chi connectivity index (χ0) is 19.1. The number of allylic oxidation sites excluding steroid dienone is 1. The second-order valence-electron chi connectivity index (χ2n) is 5.84. The topological polar surface area (TPSA) is 115 Å². The van der Waals surface area contributed by atoms with Gasteiger partial charge in [-0.15, -0.1) is 11.3 Å². The molecule has 0 bridgehead atoms. The predicted molar refractivity (Wildman–Crippen MR) is 104 cm³/mol. The molecule has 8 nitrogen and oxygen atoms in total. The second kappa shape index (κ2) is 6.67. The fourth-order valence-corrected chi connectivity index (χ4v) is 4.53. The minimum Gasteiger partial charge on any atom is -0.405 e. The molecule has 0 atom stereocenters. The van der Waals surface area contributed by atoms with Crippen LogP contribution in [0.25, 0.3) is 21.3 Å². The van der Waals surface area contributed by atoms with Crippen molar-refractivity contribution in [3.63, 3.8) is 0 Å². The Labute approximate surface area is 159 Å². The zero-order valence-electron chi connectivity index (χ0n) is 14.1. The van der Waals surface area contributed by atoms with Crippen molar-refractivity contribution in [1.29, 1.82) is 5.41 Å². The molecule has 0 unspecified atom stereocenters. The molecule has 0 aliphatic carbocycles. The summed E-state index contributed by atoms with van der Waals surface area (Å²) in [7, 11) is 1.77. The third kappa shape index (κ3) is 3.04. The van der Waals surface area contributed by atoms with Gasteiger partial charge in [-0.25, -0.2) is 14.6 Å². The molecule has 3 N–H and O–H groups in total. The maximum atomic E-state index is 13.1. The summed E-state index contributed by atoms with van der Waals surface area (Å²) in [5, 5.41) is 14.6. The highest BCUT2D eigenvalue weighted by molar-refractivity contribution is 7.19. The summed E-state index contributed by atoms with van der Waals surface area (Å²) in [6, 6.07) is 0. The Kier molecular flexibility index (Phi) is 4.32. The monoisotopic (exact) mass is 403 g/mol. The van der Waals surface area contributed by atoms with Gasteiger partial charge in [0.2, 0.25) is 0 Å². The van der Waals surface area contributed by atoms with E-state index in [0.717, 1.165) is 21.0 Å². The number of fused-ring (bicyclic) bond motifs is 3. The molecule has 0 radical (unpaired) electrons. The van der Waals surface area contributed by atoms with Gasteiger partial charge in [0.25, 0.3) is 10.8 Å². The summed E-state index contributed by atoms with van der Waals surface area (Å²) in [4.78, 5) is 21.2. The van der Waals surface area contributed by atoms with Gasteiger partial charge in [-0.1, -0.05) is 11.3 Å². The Hall–Kier alpha value is -2.92. The lowest BCUT2D eigenvalue weighted by molar-refractivity contribution is 0.591. The lowest BCUT2D eigenvalue weighted by atomic mass is 10.3. The molecule has 138 valence electrons. The molecule has 4 heterocycles. The number of aromatic nitrogens is 5. The smallest absolute Gasteiger partial charge is 0.291 e. The zero-order valence-corrected chi connectivity index (χ0v) is 15.8. The molecule has 4 aromatic heterocycles. The maximum Gasteiger partial charge on any atom is 0.291 e. The third-order valence-corrected chi connectivity index (χ3v) is 5.80. The Morgan fingerprint density at radius 1 is 1.44 bits per heavy atom. The van der Waals surface area contributed by atoms with Crippen LogP contribution in [0.2, 0.25) is 0 Å². The van der Waals surface area contributed by atoms with Crippen molar-refractivity contribution in [3.05, 3.63) is 50.2 Å². The highest BCUT2D eigenvalue weighted by Gasteiger charge is 2.18. The van der Waals surface area contributed by atoms with Gasteiger partial charge in [-0.3, -0.25) is 4.79 Å². The van der Waals surface area contributed by atoms with Crippen LogP contribution < -0.4 is 11.3 Å². The highest BCUT2D eigenvalue weighted by atomic mass is 32.1. The molecule has 4 rings (SSSR count).